The lowest BCUT2D eigenvalue weighted by molar-refractivity contribution is 0.0990. The zero-order valence-corrected chi connectivity index (χ0v) is 22.7. The third-order valence-electron chi connectivity index (χ3n) is 6.15. The molecule has 0 aliphatic carbocycles. The second-order valence-corrected chi connectivity index (χ2v) is 11.6. The molecule has 4 aromatic rings. The number of carbonyl (C=O) groups is 2. The van der Waals surface area contributed by atoms with Crippen LogP contribution in [0.5, 0.6) is 0 Å². The van der Waals surface area contributed by atoms with Crippen LogP contribution in [0.15, 0.2) is 85.2 Å². The summed E-state index contributed by atoms with van der Waals surface area (Å²) in [6.07, 6.45) is 3.42. The lowest BCUT2D eigenvalue weighted by atomic mass is 10.0. The molecule has 0 aliphatic rings. The van der Waals surface area contributed by atoms with Crippen molar-refractivity contribution < 1.29 is 22.9 Å². The molecule has 0 saturated heterocycles. The number of hydrogen-bond acceptors (Lipinski definition) is 7. The van der Waals surface area contributed by atoms with Crippen LogP contribution in [-0.4, -0.2) is 51.8 Å². The molecule has 9 heteroatoms. The maximum Gasteiger partial charge on any atom is 0.536 e. The minimum absolute atomic E-state index is 0.0163. The van der Waals surface area contributed by atoms with Gasteiger partial charge < -0.3 is 18.6 Å². The lowest BCUT2D eigenvalue weighted by Crippen LogP contribution is -2.54. The molecule has 1 N–H and O–H groups in total. The molecule has 194 valence electrons. The Balaban J connectivity index is 1.48. The van der Waals surface area contributed by atoms with Crippen LogP contribution in [0.3, 0.4) is 0 Å². The van der Waals surface area contributed by atoms with Crippen LogP contribution in [-0.2, 0) is 19.7 Å². The quantitative estimate of drug-likeness (QED) is 0.244. The van der Waals surface area contributed by atoms with Gasteiger partial charge in [0.25, 0.3) is 5.91 Å². The minimum Gasteiger partial charge on any atom is -0.373 e. The van der Waals surface area contributed by atoms with Crippen LogP contribution in [0.2, 0.25) is 0 Å². The topological polar surface area (TPSA) is 99.6 Å². The van der Waals surface area contributed by atoms with Crippen molar-refractivity contribution in [2.45, 2.75) is 13.3 Å². The first kappa shape index (κ1) is 27.0. The van der Waals surface area contributed by atoms with Crippen LogP contribution in [0.25, 0.3) is 11.4 Å². The van der Waals surface area contributed by atoms with Gasteiger partial charge in [-0.25, -0.2) is 0 Å². The van der Waals surface area contributed by atoms with Crippen molar-refractivity contribution >= 4 is 31.4 Å². The summed E-state index contributed by atoms with van der Waals surface area (Å²) in [7, 11) is 1.67. The second kappa shape index (κ2) is 12.0. The fourth-order valence-electron chi connectivity index (χ4n) is 4.01. The van der Waals surface area contributed by atoms with Crippen molar-refractivity contribution in [3.8, 4) is 11.4 Å². The fraction of sp³-hybridized carbons (Fsp3) is 0.172. The van der Waals surface area contributed by atoms with Crippen LogP contribution in [0, 0.1) is 6.92 Å². The van der Waals surface area contributed by atoms with E-state index in [0.717, 1.165) is 16.3 Å². The number of Topliss-reactive ketones (excluding diaryl/α,β-unsaturated/α-hetero) is 1. The number of aromatic nitrogens is 2. The van der Waals surface area contributed by atoms with E-state index in [4.69, 9.17) is 13.3 Å². The van der Waals surface area contributed by atoms with Gasteiger partial charge >= 0.3 is 8.80 Å². The van der Waals surface area contributed by atoms with Gasteiger partial charge in [0.1, 0.15) is 0 Å². The first-order valence-corrected chi connectivity index (χ1v) is 13.7. The predicted molar refractivity (Wildman–Crippen MR) is 147 cm³/mol. The zero-order valence-electron chi connectivity index (χ0n) is 21.7. The second-order valence-electron chi connectivity index (χ2n) is 8.65. The Bertz CT molecular complexity index is 1410. The highest BCUT2D eigenvalue weighted by atomic mass is 28.4. The number of anilines is 1. The fourth-order valence-corrected chi connectivity index (χ4v) is 5.80. The van der Waals surface area contributed by atoms with E-state index < -0.39 is 8.80 Å². The van der Waals surface area contributed by atoms with Crippen molar-refractivity contribution in [3.63, 3.8) is 0 Å². The SMILES string of the molecule is CO[Si](OC)(OC)c1ccc(NC(=O)c2ccnc(-c3cc(C(=O)Cc4ccc(C)cc4)ccn3)c2)cc1. The van der Waals surface area contributed by atoms with Gasteiger partial charge in [0.15, 0.2) is 5.78 Å². The maximum absolute atomic E-state index is 13.0. The van der Waals surface area contributed by atoms with Crippen molar-refractivity contribution in [1.29, 1.82) is 0 Å². The van der Waals surface area contributed by atoms with Gasteiger partial charge in [0.2, 0.25) is 0 Å². The number of nitrogens with zero attached hydrogens (tertiary/aromatic N) is 2. The van der Waals surface area contributed by atoms with Gasteiger partial charge in [-0.3, -0.25) is 19.6 Å². The van der Waals surface area contributed by atoms with Gasteiger partial charge in [-0.15, -0.1) is 0 Å². The highest BCUT2D eigenvalue weighted by molar-refractivity contribution is 6.75. The van der Waals surface area contributed by atoms with Gasteiger partial charge in [0, 0.05) is 62.1 Å². The molecule has 0 atom stereocenters. The maximum atomic E-state index is 13.0. The van der Waals surface area contributed by atoms with Crippen molar-refractivity contribution in [2.24, 2.45) is 0 Å². The van der Waals surface area contributed by atoms with E-state index in [1.165, 1.54) is 0 Å². The summed E-state index contributed by atoms with van der Waals surface area (Å²) in [6.45, 7) is 2.01. The largest absolute Gasteiger partial charge is 0.536 e. The van der Waals surface area contributed by atoms with Crippen molar-refractivity contribution in [3.05, 3.63) is 107 Å². The first-order valence-electron chi connectivity index (χ1n) is 12.0. The van der Waals surface area contributed by atoms with E-state index in [9.17, 15) is 9.59 Å². The molecule has 0 spiro atoms. The van der Waals surface area contributed by atoms with Crippen molar-refractivity contribution in [1.82, 2.24) is 9.97 Å². The van der Waals surface area contributed by atoms with Gasteiger partial charge in [-0.05, 0) is 48.9 Å². The van der Waals surface area contributed by atoms with E-state index in [0.29, 0.717) is 34.6 Å². The Labute approximate surface area is 223 Å². The third-order valence-corrected chi connectivity index (χ3v) is 8.81. The summed E-state index contributed by atoms with van der Waals surface area (Å²) in [6, 6.07) is 21.7. The Morgan fingerprint density at radius 2 is 1.32 bits per heavy atom. The highest BCUT2D eigenvalue weighted by Gasteiger charge is 2.40. The molecule has 0 radical (unpaired) electrons. The van der Waals surface area contributed by atoms with Gasteiger partial charge in [-0.1, -0.05) is 42.0 Å². The number of ketones is 1. The van der Waals surface area contributed by atoms with E-state index in [-0.39, 0.29) is 11.7 Å². The zero-order chi connectivity index (χ0) is 27.1. The molecule has 2 aromatic heterocycles. The van der Waals surface area contributed by atoms with Crippen LogP contribution in [0.4, 0.5) is 5.69 Å². The summed E-state index contributed by atoms with van der Waals surface area (Å²) in [5.74, 6) is -0.320. The van der Waals surface area contributed by atoms with Crippen LogP contribution >= 0.6 is 0 Å². The summed E-state index contributed by atoms with van der Waals surface area (Å²) in [5, 5.41) is 3.66. The number of nitrogens with one attached hydrogen (secondary N) is 1. The number of rotatable bonds is 10. The molecule has 2 heterocycles. The molecule has 8 nitrogen and oxygen atoms in total. The lowest BCUT2D eigenvalue weighted by Gasteiger charge is -2.24. The smallest absolute Gasteiger partial charge is 0.373 e. The molecule has 0 aliphatic heterocycles. The minimum atomic E-state index is -2.95. The molecule has 0 unspecified atom stereocenters. The summed E-state index contributed by atoms with van der Waals surface area (Å²) in [4.78, 5) is 34.6. The molecule has 0 fully saturated rings. The van der Waals surface area contributed by atoms with E-state index in [2.05, 4.69) is 15.3 Å². The molecule has 4 rings (SSSR count). The Morgan fingerprint density at radius 1 is 0.763 bits per heavy atom. The molecular weight excluding hydrogens is 498 g/mol. The van der Waals surface area contributed by atoms with E-state index in [1.807, 2.05) is 31.2 Å². The molecule has 2 aromatic carbocycles. The third kappa shape index (κ3) is 6.09. The molecular formula is C29H29N3O5Si. The number of hydrogen-bond donors (Lipinski definition) is 1. The molecule has 0 saturated carbocycles. The Hall–Kier alpha value is -4.02. The van der Waals surface area contributed by atoms with Crippen molar-refractivity contribution in [2.75, 3.05) is 26.6 Å². The van der Waals surface area contributed by atoms with Gasteiger partial charge in [-0.2, -0.15) is 0 Å². The molecule has 38 heavy (non-hydrogen) atoms. The van der Waals surface area contributed by atoms with E-state index >= 15 is 0 Å². The first-order chi connectivity index (χ1) is 18.4. The summed E-state index contributed by atoms with van der Waals surface area (Å²) < 4.78 is 16.5. The number of amides is 1. The highest BCUT2D eigenvalue weighted by Crippen LogP contribution is 2.19. The van der Waals surface area contributed by atoms with Crippen LogP contribution in [0.1, 0.15) is 31.8 Å². The van der Waals surface area contributed by atoms with Gasteiger partial charge in [0.05, 0.1) is 11.4 Å². The Morgan fingerprint density at radius 3 is 1.89 bits per heavy atom. The summed E-state index contributed by atoms with van der Waals surface area (Å²) >= 11 is 0. The van der Waals surface area contributed by atoms with Crippen LogP contribution < -0.4 is 10.5 Å². The standard InChI is InChI=1S/C29H29N3O5Si/c1-20-5-7-21(8-6-20)17-28(33)22-13-15-30-26(18-22)27-19-23(14-16-31-27)29(34)32-24-9-11-25(12-10-24)38(35-2,36-3)37-4/h5-16,18-19H,17H2,1-4H3,(H,32,34). The molecule has 0 bridgehead atoms. The number of benzene rings is 2. The number of carbonyl (C=O) groups excluding carboxylic acids is 2. The predicted octanol–water partition coefficient (Wildman–Crippen LogP) is 4.21. The Kier molecular flexibility index (Phi) is 8.54. The summed E-state index contributed by atoms with van der Waals surface area (Å²) in [5.41, 5.74) is 4.65. The monoisotopic (exact) mass is 527 g/mol. The average molecular weight is 528 g/mol. The molecule has 1 amide bonds. The van der Waals surface area contributed by atoms with E-state index in [1.54, 1.807) is 82.3 Å². The number of aryl methyl sites for hydroxylation is 1. The normalized spacial score (nSPS) is 11.3. The number of pyridine rings is 2. The average Bonchev–Trinajstić information content (AvgIpc) is 2.96.